The SMILES string of the molecule is Cc1nnc2ccc(-c3c[nH]c4nc(NC5CCC6(CC5)COC6)ncc34)cn12. The molecule has 0 amide bonds. The smallest absolute Gasteiger partial charge is 0.224 e. The molecule has 2 fully saturated rings. The average molecular weight is 389 g/mol. The largest absolute Gasteiger partial charge is 0.380 e. The van der Waals surface area contributed by atoms with Gasteiger partial charge in [-0.05, 0) is 44.7 Å². The number of pyridine rings is 1. The van der Waals surface area contributed by atoms with Crippen molar-refractivity contribution in [3.05, 3.63) is 36.5 Å². The molecule has 2 aliphatic rings. The molecule has 4 aromatic rings. The van der Waals surface area contributed by atoms with E-state index in [1.165, 1.54) is 12.8 Å². The summed E-state index contributed by atoms with van der Waals surface area (Å²) in [6.07, 6.45) is 10.7. The van der Waals surface area contributed by atoms with Gasteiger partial charge in [0, 0.05) is 46.6 Å². The number of nitrogens with zero attached hydrogens (tertiary/aromatic N) is 5. The summed E-state index contributed by atoms with van der Waals surface area (Å²) in [5.74, 6) is 1.56. The van der Waals surface area contributed by atoms with E-state index in [0.29, 0.717) is 17.4 Å². The summed E-state index contributed by atoms with van der Waals surface area (Å²) < 4.78 is 7.42. The molecular formula is C21H23N7O. The van der Waals surface area contributed by atoms with Gasteiger partial charge in [0.1, 0.15) is 11.5 Å². The Morgan fingerprint density at radius 2 is 2.07 bits per heavy atom. The molecule has 1 aliphatic heterocycles. The van der Waals surface area contributed by atoms with Crippen LogP contribution < -0.4 is 5.32 Å². The van der Waals surface area contributed by atoms with Gasteiger partial charge in [-0.1, -0.05) is 0 Å². The molecule has 1 aliphatic carbocycles. The van der Waals surface area contributed by atoms with E-state index in [0.717, 1.165) is 59.7 Å². The average Bonchev–Trinajstić information content (AvgIpc) is 3.30. The first-order chi connectivity index (χ1) is 14.2. The molecule has 0 atom stereocenters. The van der Waals surface area contributed by atoms with E-state index < -0.39 is 0 Å². The lowest BCUT2D eigenvalue weighted by Crippen LogP contribution is -2.47. The normalized spacial score (nSPS) is 19.1. The topological polar surface area (TPSA) is 93.0 Å². The number of aromatic amines is 1. The number of fused-ring (bicyclic) bond motifs is 2. The molecule has 8 heteroatoms. The third-order valence-corrected chi connectivity index (χ3v) is 6.51. The van der Waals surface area contributed by atoms with Crippen molar-refractivity contribution < 1.29 is 4.74 Å². The second kappa shape index (κ2) is 6.25. The highest BCUT2D eigenvalue weighted by Gasteiger charge is 2.41. The Morgan fingerprint density at radius 1 is 1.21 bits per heavy atom. The summed E-state index contributed by atoms with van der Waals surface area (Å²) in [4.78, 5) is 12.6. The van der Waals surface area contributed by atoms with Crippen molar-refractivity contribution in [3.8, 4) is 11.1 Å². The number of H-pyrrole nitrogens is 1. The summed E-state index contributed by atoms with van der Waals surface area (Å²) in [7, 11) is 0. The van der Waals surface area contributed by atoms with Crippen LogP contribution in [0.2, 0.25) is 0 Å². The molecule has 0 aromatic carbocycles. The molecule has 1 spiro atoms. The van der Waals surface area contributed by atoms with Crippen LogP contribution >= 0.6 is 0 Å². The summed E-state index contributed by atoms with van der Waals surface area (Å²) in [5, 5.41) is 12.8. The Balaban J connectivity index is 1.25. The summed E-state index contributed by atoms with van der Waals surface area (Å²) in [5.41, 5.74) is 4.30. The van der Waals surface area contributed by atoms with E-state index in [1.54, 1.807) is 0 Å². The summed E-state index contributed by atoms with van der Waals surface area (Å²) >= 11 is 0. The predicted octanol–water partition coefficient (Wildman–Crippen LogP) is 3.35. The van der Waals surface area contributed by atoms with Crippen LogP contribution in [-0.4, -0.2) is 48.8 Å². The van der Waals surface area contributed by atoms with Gasteiger partial charge in [-0.25, -0.2) is 4.98 Å². The van der Waals surface area contributed by atoms with Gasteiger partial charge >= 0.3 is 0 Å². The van der Waals surface area contributed by atoms with Crippen LogP contribution in [0.4, 0.5) is 5.95 Å². The van der Waals surface area contributed by atoms with Gasteiger partial charge in [0.2, 0.25) is 5.95 Å². The molecule has 0 bridgehead atoms. The molecule has 29 heavy (non-hydrogen) atoms. The monoisotopic (exact) mass is 389 g/mol. The van der Waals surface area contributed by atoms with Gasteiger partial charge in [-0.15, -0.1) is 10.2 Å². The quantitative estimate of drug-likeness (QED) is 0.558. The Hall–Kier alpha value is -3.00. The number of ether oxygens (including phenoxy) is 1. The van der Waals surface area contributed by atoms with Crippen molar-refractivity contribution in [3.63, 3.8) is 0 Å². The van der Waals surface area contributed by atoms with Gasteiger partial charge in [0.15, 0.2) is 5.65 Å². The van der Waals surface area contributed by atoms with Crippen molar-refractivity contribution in [1.82, 2.24) is 29.5 Å². The summed E-state index contributed by atoms with van der Waals surface area (Å²) in [6.45, 7) is 3.83. The highest BCUT2D eigenvalue weighted by molar-refractivity contribution is 5.93. The second-order valence-electron chi connectivity index (χ2n) is 8.46. The van der Waals surface area contributed by atoms with Crippen LogP contribution in [-0.2, 0) is 4.74 Å². The minimum atomic E-state index is 0.437. The predicted molar refractivity (Wildman–Crippen MR) is 110 cm³/mol. The van der Waals surface area contributed by atoms with Crippen molar-refractivity contribution in [2.75, 3.05) is 18.5 Å². The van der Waals surface area contributed by atoms with Crippen LogP contribution in [0.1, 0.15) is 31.5 Å². The molecular weight excluding hydrogens is 366 g/mol. The van der Waals surface area contributed by atoms with Gasteiger partial charge in [0.25, 0.3) is 0 Å². The molecule has 0 radical (unpaired) electrons. The van der Waals surface area contributed by atoms with Crippen LogP contribution in [0.15, 0.2) is 30.7 Å². The molecule has 148 valence electrons. The fraction of sp³-hybridized carbons (Fsp3) is 0.429. The van der Waals surface area contributed by atoms with Gasteiger partial charge in [-0.3, -0.25) is 4.40 Å². The Kier molecular flexibility index (Phi) is 3.64. The van der Waals surface area contributed by atoms with Crippen molar-refractivity contribution in [2.45, 2.75) is 38.6 Å². The van der Waals surface area contributed by atoms with Crippen molar-refractivity contribution in [1.29, 1.82) is 0 Å². The third kappa shape index (κ3) is 2.78. The first kappa shape index (κ1) is 16.9. The third-order valence-electron chi connectivity index (χ3n) is 6.51. The number of anilines is 1. The van der Waals surface area contributed by atoms with E-state index in [-0.39, 0.29) is 0 Å². The number of hydrogen-bond donors (Lipinski definition) is 2. The molecule has 2 N–H and O–H groups in total. The zero-order valence-electron chi connectivity index (χ0n) is 16.4. The maximum absolute atomic E-state index is 5.42. The fourth-order valence-corrected chi connectivity index (χ4v) is 4.62. The van der Waals surface area contributed by atoms with Crippen molar-refractivity contribution >= 4 is 22.6 Å². The molecule has 8 nitrogen and oxygen atoms in total. The Labute approximate surface area is 167 Å². The van der Waals surface area contributed by atoms with E-state index >= 15 is 0 Å². The molecule has 5 heterocycles. The van der Waals surface area contributed by atoms with E-state index in [4.69, 9.17) is 9.72 Å². The minimum absolute atomic E-state index is 0.437. The molecule has 1 saturated carbocycles. The highest BCUT2D eigenvalue weighted by Crippen LogP contribution is 2.42. The maximum Gasteiger partial charge on any atom is 0.224 e. The van der Waals surface area contributed by atoms with Crippen LogP contribution in [0.5, 0.6) is 0 Å². The van der Waals surface area contributed by atoms with E-state index in [1.807, 2.05) is 29.8 Å². The fourth-order valence-electron chi connectivity index (χ4n) is 4.62. The molecule has 6 rings (SSSR count). The van der Waals surface area contributed by atoms with Crippen molar-refractivity contribution in [2.24, 2.45) is 5.41 Å². The Bertz CT molecular complexity index is 1200. The standard InChI is InChI=1S/C21H23N7O/c1-13-26-27-18-3-2-14(10-28(13)18)16-8-22-19-17(16)9-23-20(25-19)24-15-4-6-21(7-5-15)11-29-12-21/h2-3,8-10,15H,4-7,11-12H2,1H3,(H2,22,23,24,25). The lowest BCUT2D eigenvalue weighted by Gasteiger charge is -2.46. The highest BCUT2D eigenvalue weighted by atomic mass is 16.5. The number of aromatic nitrogens is 6. The first-order valence-corrected chi connectivity index (χ1v) is 10.2. The Morgan fingerprint density at radius 3 is 2.86 bits per heavy atom. The van der Waals surface area contributed by atoms with Gasteiger partial charge in [0.05, 0.1) is 13.2 Å². The lowest BCUT2D eigenvalue weighted by molar-refractivity contribution is -0.131. The maximum atomic E-state index is 5.42. The number of aryl methyl sites for hydroxylation is 1. The number of nitrogens with one attached hydrogen (secondary N) is 2. The first-order valence-electron chi connectivity index (χ1n) is 10.2. The second-order valence-corrected chi connectivity index (χ2v) is 8.46. The van der Waals surface area contributed by atoms with Crippen LogP contribution in [0.25, 0.3) is 27.8 Å². The lowest BCUT2D eigenvalue weighted by atomic mass is 9.71. The minimum Gasteiger partial charge on any atom is -0.380 e. The zero-order valence-corrected chi connectivity index (χ0v) is 16.4. The van der Waals surface area contributed by atoms with E-state index in [9.17, 15) is 0 Å². The summed E-state index contributed by atoms with van der Waals surface area (Å²) in [6, 6.07) is 4.47. The molecule has 0 unspecified atom stereocenters. The molecule has 1 saturated heterocycles. The zero-order chi connectivity index (χ0) is 19.4. The molecule has 4 aromatic heterocycles. The van der Waals surface area contributed by atoms with Crippen LogP contribution in [0.3, 0.4) is 0 Å². The number of hydrogen-bond acceptors (Lipinski definition) is 6. The van der Waals surface area contributed by atoms with Gasteiger partial charge in [-0.2, -0.15) is 4.98 Å². The van der Waals surface area contributed by atoms with Crippen LogP contribution in [0, 0.1) is 12.3 Å². The van der Waals surface area contributed by atoms with Gasteiger partial charge < -0.3 is 15.0 Å². The van der Waals surface area contributed by atoms with E-state index in [2.05, 4.69) is 37.7 Å². The number of rotatable bonds is 3.